The van der Waals surface area contributed by atoms with Gasteiger partial charge in [-0.25, -0.2) is 9.97 Å². The quantitative estimate of drug-likeness (QED) is 0.473. The van der Waals surface area contributed by atoms with Crippen LogP contribution in [0.1, 0.15) is 25.1 Å². The van der Waals surface area contributed by atoms with Crippen molar-refractivity contribution in [3.05, 3.63) is 55.2 Å². The Kier molecular flexibility index (Phi) is 5.59. The molecule has 2 aromatic heterocycles. The van der Waals surface area contributed by atoms with Crippen LogP contribution in [0.5, 0.6) is 11.5 Å². The fourth-order valence-electron chi connectivity index (χ4n) is 2.56. The minimum Gasteiger partial charge on any atom is -0.490 e. The van der Waals surface area contributed by atoms with E-state index in [-0.39, 0.29) is 11.5 Å². The zero-order valence-electron chi connectivity index (χ0n) is 15.0. The molecule has 11 heteroatoms. The van der Waals surface area contributed by atoms with Crippen molar-refractivity contribution in [1.29, 1.82) is 0 Å². The van der Waals surface area contributed by atoms with Gasteiger partial charge in [0.1, 0.15) is 6.33 Å². The lowest BCUT2D eigenvalue weighted by molar-refractivity contribution is -0.386. The Bertz CT molecular complexity index is 1120. The third kappa shape index (κ3) is 3.67. The number of rotatable bonds is 7. The lowest BCUT2D eigenvalue weighted by Crippen LogP contribution is -2.20. The van der Waals surface area contributed by atoms with Crippen LogP contribution in [0.3, 0.4) is 0 Å². The fourth-order valence-corrected chi connectivity index (χ4v) is 2.83. The molecule has 1 N–H and O–H groups in total. The van der Waals surface area contributed by atoms with Gasteiger partial charge in [-0.1, -0.05) is 17.7 Å². The van der Waals surface area contributed by atoms with Crippen molar-refractivity contribution in [2.24, 2.45) is 0 Å². The van der Waals surface area contributed by atoms with Crippen LogP contribution in [0.25, 0.3) is 17.9 Å². The Morgan fingerprint density at radius 1 is 1.29 bits per heavy atom. The summed E-state index contributed by atoms with van der Waals surface area (Å²) in [6.07, 6.45) is 4.12. The fraction of sp³-hybridized carbons (Fsp3) is 0.235. The molecule has 146 valence electrons. The smallest absolute Gasteiger partial charge is 0.361 e. The number of nitro groups is 1. The predicted octanol–water partition coefficient (Wildman–Crippen LogP) is 2.95. The summed E-state index contributed by atoms with van der Waals surface area (Å²) in [5.41, 5.74) is -1.05. The minimum atomic E-state index is -0.855. The van der Waals surface area contributed by atoms with Crippen molar-refractivity contribution in [2.45, 2.75) is 13.8 Å². The molecule has 1 aromatic carbocycles. The van der Waals surface area contributed by atoms with Gasteiger partial charge in [-0.3, -0.25) is 20.0 Å². The summed E-state index contributed by atoms with van der Waals surface area (Å²) in [6, 6.07) is 3.31. The molecule has 0 amide bonds. The molecule has 0 radical (unpaired) electrons. The number of nitrogens with zero attached hydrogens (tertiary/aromatic N) is 4. The predicted molar refractivity (Wildman–Crippen MR) is 103 cm³/mol. The maximum Gasteiger partial charge on any atom is 0.361 e. The van der Waals surface area contributed by atoms with Crippen molar-refractivity contribution in [3.63, 3.8) is 0 Å². The van der Waals surface area contributed by atoms with Gasteiger partial charge in [0, 0.05) is 0 Å². The maximum absolute atomic E-state index is 12.3. The molecule has 0 fully saturated rings. The standard InChI is InChI=1S/C17H16ClN5O5/c1-3-27-13-8-10(7-11(18)15(13)28-4-2)5-6-12-14(23(25)26)16(24)22-17(21-12)19-9-20-22/h5-9H,3-4H2,1-2H3,(H,19,20,21)/b6-5+. The Morgan fingerprint density at radius 3 is 2.71 bits per heavy atom. The Hall–Kier alpha value is -3.40. The lowest BCUT2D eigenvalue weighted by atomic mass is 10.1. The van der Waals surface area contributed by atoms with Gasteiger partial charge in [0.05, 0.1) is 23.2 Å². The van der Waals surface area contributed by atoms with E-state index in [0.717, 1.165) is 4.52 Å². The molecular formula is C17H16ClN5O5. The summed E-state index contributed by atoms with van der Waals surface area (Å²) in [7, 11) is 0. The number of hydrogen-bond acceptors (Lipinski definition) is 7. The number of benzene rings is 1. The highest BCUT2D eigenvalue weighted by Gasteiger charge is 2.22. The highest BCUT2D eigenvalue weighted by atomic mass is 35.5. The molecule has 0 saturated carbocycles. The van der Waals surface area contributed by atoms with Crippen LogP contribution < -0.4 is 15.0 Å². The molecule has 0 aliphatic carbocycles. The van der Waals surface area contributed by atoms with E-state index >= 15 is 0 Å². The van der Waals surface area contributed by atoms with Crippen molar-refractivity contribution in [2.75, 3.05) is 13.2 Å². The van der Waals surface area contributed by atoms with E-state index in [1.54, 1.807) is 18.2 Å². The van der Waals surface area contributed by atoms with Crippen LogP contribution in [0, 0.1) is 10.1 Å². The van der Waals surface area contributed by atoms with E-state index in [0.29, 0.717) is 35.3 Å². The molecule has 0 aliphatic rings. The zero-order valence-corrected chi connectivity index (χ0v) is 15.8. The molecule has 0 saturated heterocycles. The van der Waals surface area contributed by atoms with Gasteiger partial charge >= 0.3 is 11.2 Å². The average molecular weight is 406 g/mol. The van der Waals surface area contributed by atoms with Crippen molar-refractivity contribution in [3.8, 4) is 11.5 Å². The number of halogens is 1. The molecule has 0 aliphatic heterocycles. The second-order valence-electron chi connectivity index (χ2n) is 5.46. The van der Waals surface area contributed by atoms with E-state index < -0.39 is 16.2 Å². The Balaban J connectivity index is 2.08. The monoisotopic (exact) mass is 405 g/mol. The number of aromatic nitrogens is 4. The number of hydrogen-bond donors (Lipinski definition) is 1. The first-order chi connectivity index (χ1) is 13.5. The van der Waals surface area contributed by atoms with Crippen LogP contribution in [0.4, 0.5) is 5.69 Å². The van der Waals surface area contributed by atoms with E-state index in [1.807, 2.05) is 13.8 Å². The normalized spacial score (nSPS) is 11.2. The summed E-state index contributed by atoms with van der Waals surface area (Å²) in [5.74, 6) is 0.889. The third-order valence-electron chi connectivity index (χ3n) is 3.67. The summed E-state index contributed by atoms with van der Waals surface area (Å²) in [5, 5.41) is 14.2. The van der Waals surface area contributed by atoms with Crippen LogP contribution in [-0.2, 0) is 0 Å². The van der Waals surface area contributed by atoms with Crippen molar-refractivity contribution in [1.82, 2.24) is 19.6 Å². The first-order valence-electron chi connectivity index (χ1n) is 8.34. The highest BCUT2D eigenvalue weighted by Crippen LogP contribution is 2.37. The van der Waals surface area contributed by atoms with Crippen LogP contribution in [0.2, 0.25) is 5.02 Å². The van der Waals surface area contributed by atoms with E-state index in [2.05, 4.69) is 15.1 Å². The van der Waals surface area contributed by atoms with Gasteiger partial charge in [-0.05, 0) is 37.6 Å². The van der Waals surface area contributed by atoms with E-state index in [4.69, 9.17) is 21.1 Å². The molecule has 0 spiro atoms. The van der Waals surface area contributed by atoms with Gasteiger partial charge in [-0.15, -0.1) is 0 Å². The third-order valence-corrected chi connectivity index (χ3v) is 3.95. The average Bonchev–Trinajstić information content (AvgIpc) is 3.11. The number of aromatic amines is 1. The molecule has 28 heavy (non-hydrogen) atoms. The summed E-state index contributed by atoms with van der Waals surface area (Å²) < 4.78 is 12.0. The summed E-state index contributed by atoms with van der Waals surface area (Å²) in [4.78, 5) is 30.8. The van der Waals surface area contributed by atoms with Crippen molar-refractivity contribution >= 4 is 35.2 Å². The second kappa shape index (κ2) is 8.09. The van der Waals surface area contributed by atoms with Gasteiger partial charge in [0.2, 0.25) is 0 Å². The van der Waals surface area contributed by atoms with Gasteiger partial charge in [-0.2, -0.15) is 4.52 Å². The molecule has 0 bridgehead atoms. The van der Waals surface area contributed by atoms with Crippen LogP contribution >= 0.6 is 11.6 Å². The first-order valence-corrected chi connectivity index (χ1v) is 8.71. The zero-order chi connectivity index (χ0) is 20.3. The molecule has 0 atom stereocenters. The van der Waals surface area contributed by atoms with E-state index in [9.17, 15) is 14.9 Å². The minimum absolute atomic E-state index is 0.0231. The molecular weight excluding hydrogens is 390 g/mol. The van der Waals surface area contributed by atoms with Crippen LogP contribution in [-0.4, -0.2) is 37.7 Å². The topological polar surface area (TPSA) is 125 Å². The lowest BCUT2D eigenvalue weighted by Gasteiger charge is -2.13. The number of ether oxygens (including phenoxy) is 2. The Labute approximate surface area is 163 Å². The molecule has 2 heterocycles. The molecule has 0 unspecified atom stereocenters. The highest BCUT2D eigenvalue weighted by molar-refractivity contribution is 6.32. The summed E-state index contributed by atoms with van der Waals surface area (Å²) in [6.45, 7) is 4.47. The number of nitrogens with one attached hydrogen (secondary N) is 1. The van der Waals surface area contributed by atoms with Crippen LogP contribution in [0.15, 0.2) is 23.3 Å². The van der Waals surface area contributed by atoms with E-state index in [1.165, 1.54) is 12.4 Å². The van der Waals surface area contributed by atoms with Gasteiger partial charge < -0.3 is 9.47 Å². The number of H-pyrrole nitrogens is 1. The van der Waals surface area contributed by atoms with Gasteiger partial charge in [0.15, 0.2) is 17.2 Å². The van der Waals surface area contributed by atoms with Crippen molar-refractivity contribution < 1.29 is 14.4 Å². The summed E-state index contributed by atoms with van der Waals surface area (Å²) >= 11 is 6.27. The molecule has 3 rings (SSSR count). The Morgan fingerprint density at radius 2 is 2.04 bits per heavy atom. The molecule has 10 nitrogen and oxygen atoms in total. The largest absolute Gasteiger partial charge is 0.490 e. The first kappa shape index (κ1) is 19.4. The second-order valence-corrected chi connectivity index (χ2v) is 5.87. The SMILES string of the molecule is CCOc1cc(/C=C/c2nc3nc[nH]n3c(=O)c2[N+](=O)[O-])cc(Cl)c1OCC. The number of fused-ring (bicyclic) bond motifs is 1. The maximum atomic E-state index is 12.3. The molecule has 3 aromatic rings. The van der Waals surface area contributed by atoms with Gasteiger partial charge in [0.25, 0.3) is 5.78 Å².